The Labute approximate surface area is 247 Å². The standard InChI is InChI=1S/C29H32FN5O4S2/c1-3-34-26(33-15-13-32(14-16-33)23-10-7-6-9-22(23)30)20(19(2)21(18-31)27(34)38)17-24-28(39)35(29(40)41-24)12-8-4-5-11-25(36)37/h6-7,9-10,17H,3-5,8,11-16H2,1-2H3,(H,36,37)/b24-17-. The SMILES string of the molecule is CCn1c(N2CCN(c3ccccc3F)CC2)c(/C=C2\SC(=S)N(CCCCCC(=O)O)C2=O)c(C)c(C#N)c1=O. The second-order valence-corrected chi connectivity index (χ2v) is 11.5. The summed E-state index contributed by atoms with van der Waals surface area (Å²) in [7, 11) is 0. The Bertz CT molecular complexity index is 1490. The predicted molar refractivity (Wildman–Crippen MR) is 163 cm³/mol. The molecule has 0 bridgehead atoms. The van der Waals surface area contributed by atoms with Gasteiger partial charge in [-0.2, -0.15) is 5.26 Å². The van der Waals surface area contributed by atoms with Gasteiger partial charge in [-0.1, -0.05) is 42.5 Å². The van der Waals surface area contributed by atoms with Gasteiger partial charge in [0.25, 0.3) is 11.5 Å². The Morgan fingerprint density at radius 2 is 1.83 bits per heavy atom. The Hall–Kier alpha value is -3.69. The smallest absolute Gasteiger partial charge is 0.303 e. The number of anilines is 2. The summed E-state index contributed by atoms with van der Waals surface area (Å²) < 4.78 is 16.4. The molecule has 9 nitrogen and oxygen atoms in total. The number of para-hydroxylation sites is 1. The van der Waals surface area contributed by atoms with E-state index in [1.165, 1.54) is 22.7 Å². The summed E-state index contributed by atoms with van der Waals surface area (Å²) >= 11 is 6.66. The molecule has 0 radical (unpaired) electrons. The van der Waals surface area contributed by atoms with E-state index in [1.807, 2.05) is 17.9 Å². The molecule has 12 heteroatoms. The second kappa shape index (κ2) is 13.3. The zero-order chi connectivity index (χ0) is 29.7. The number of pyridine rings is 1. The lowest BCUT2D eigenvalue weighted by molar-refractivity contribution is -0.137. The van der Waals surface area contributed by atoms with Crippen LogP contribution in [0.1, 0.15) is 49.3 Å². The van der Waals surface area contributed by atoms with E-state index in [1.54, 1.807) is 35.8 Å². The molecule has 3 heterocycles. The van der Waals surface area contributed by atoms with Crippen molar-refractivity contribution in [3.63, 3.8) is 0 Å². The van der Waals surface area contributed by atoms with Gasteiger partial charge in [0.2, 0.25) is 0 Å². The first-order valence-electron chi connectivity index (χ1n) is 13.6. The first kappa shape index (κ1) is 30.3. The van der Waals surface area contributed by atoms with Gasteiger partial charge in [-0.15, -0.1) is 0 Å². The minimum atomic E-state index is -0.844. The van der Waals surface area contributed by atoms with Gasteiger partial charge < -0.3 is 14.9 Å². The van der Waals surface area contributed by atoms with Crippen LogP contribution >= 0.6 is 24.0 Å². The summed E-state index contributed by atoms with van der Waals surface area (Å²) in [4.78, 5) is 43.4. The van der Waals surface area contributed by atoms with E-state index in [4.69, 9.17) is 17.3 Å². The number of carboxylic acids is 1. The second-order valence-electron chi connectivity index (χ2n) is 9.86. The quantitative estimate of drug-likeness (QED) is 0.243. The zero-order valence-electron chi connectivity index (χ0n) is 23.1. The maximum absolute atomic E-state index is 14.4. The maximum Gasteiger partial charge on any atom is 0.303 e. The summed E-state index contributed by atoms with van der Waals surface area (Å²) in [6.45, 7) is 6.36. The van der Waals surface area contributed by atoms with Crippen LogP contribution in [0.3, 0.4) is 0 Å². The van der Waals surface area contributed by atoms with Crippen LogP contribution in [-0.4, -0.2) is 63.5 Å². The topological polar surface area (TPSA) is 110 Å². The number of piperazine rings is 1. The number of hydrogen-bond donors (Lipinski definition) is 1. The Kier molecular flexibility index (Phi) is 9.83. The van der Waals surface area contributed by atoms with Gasteiger partial charge >= 0.3 is 5.97 Å². The number of hydrogen-bond acceptors (Lipinski definition) is 8. The fourth-order valence-electron chi connectivity index (χ4n) is 5.19. The van der Waals surface area contributed by atoms with Crippen molar-refractivity contribution >= 4 is 57.8 Å². The van der Waals surface area contributed by atoms with Crippen molar-refractivity contribution in [2.24, 2.45) is 0 Å². The Morgan fingerprint density at radius 1 is 1.15 bits per heavy atom. The normalized spacial score (nSPS) is 16.5. The number of amides is 1. The van der Waals surface area contributed by atoms with E-state index in [2.05, 4.69) is 4.90 Å². The molecule has 2 aliphatic rings. The predicted octanol–water partition coefficient (Wildman–Crippen LogP) is 4.36. The molecule has 2 saturated heterocycles. The molecule has 216 valence electrons. The van der Waals surface area contributed by atoms with Crippen molar-refractivity contribution in [1.29, 1.82) is 5.26 Å². The van der Waals surface area contributed by atoms with Gasteiger partial charge in [0.1, 0.15) is 27.6 Å². The van der Waals surface area contributed by atoms with Crippen LogP contribution in [-0.2, 0) is 16.1 Å². The highest BCUT2D eigenvalue weighted by molar-refractivity contribution is 8.26. The fourth-order valence-corrected chi connectivity index (χ4v) is 6.48. The maximum atomic E-state index is 14.4. The van der Waals surface area contributed by atoms with Crippen LogP contribution in [0.2, 0.25) is 0 Å². The molecule has 2 aliphatic heterocycles. The lowest BCUT2D eigenvalue weighted by Crippen LogP contribution is -2.49. The van der Waals surface area contributed by atoms with Crippen molar-refractivity contribution in [3.8, 4) is 6.07 Å². The number of aliphatic carboxylic acids is 1. The van der Waals surface area contributed by atoms with E-state index in [0.29, 0.717) is 90.4 Å². The number of thioether (sulfide) groups is 1. The number of unbranched alkanes of at least 4 members (excludes halogenated alkanes) is 2. The molecule has 41 heavy (non-hydrogen) atoms. The number of nitriles is 1. The van der Waals surface area contributed by atoms with Gasteiger partial charge in [0, 0.05) is 51.3 Å². The molecule has 0 unspecified atom stereocenters. The highest BCUT2D eigenvalue weighted by Crippen LogP contribution is 2.36. The number of benzene rings is 1. The number of carboxylic acid groups (broad SMARTS) is 1. The van der Waals surface area contributed by atoms with Gasteiger partial charge in [-0.25, -0.2) is 4.39 Å². The molecule has 1 amide bonds. The van der Waals surface area contributed by atoms with E-state index in [-0.39, 0.29) is 29.3 Å². The molecule has 1 aromatic carbocycles. The summed E-state index contributed by atoms with van der Waals surface area (Å²) in [5.41, 5.74) is 1.28. The molecule has 0 aliphatic carbocycles. The molecular formula is C29H32FN5O4S2. The Balaban J connectivity index is 1.65. The first-order chi connectivity index (χ1) is 19.7. The van der Waals surface area contributed by atoms with Crippen molar-refractivity contribution in [3.05, 3.63) is 62.0 Å². The summed E-state index contributed by atoms with van der Waals surface area (Å²) in [5, 5.41) is 18.7. The lowest BCUT2D eigenvalue weighted by atomic mass is 10.0. The molecule has 0 spiro atoms. The lowest BCUT2D eigenvalue weighted by Gasteiger charge is -2.39. The number of nitrogens with zero attached hydrogens (tertiary/aromatic N) is 5. The van der Waals surface area contributed by atoms with E-state index < -0.39 is 5.97 Å². The largest absolute Gasteiger partial charge is 0.481 e. The van der Waals surface area contributed by atoms with Crippen LogP contribution in [0.4, 0.5) is 15.9 Å². The number of halogens is 1. The van der Waals surface area contributed by atoms with E-state index in [9.17, 15) is 24.0 Å². The number of carbonyl (C=O) groups excluding carboxylic acids is 1. The van der Waals surface area contributed by atoms with Crippen LogP contribution < -0.4 is 15.4 Å². The van der Waals surface area contributed by atoms with Crippen molar-refractivity contribution in [2.45, 2.75) is 46.1 Å². The van der Waals surface area contributed by atoms with Gasteiger partial charge in [-0.05, 0) is 50.5 Å². The highest BCUT2D eigenvalue weighted by Gasteiger charge is 2.33. The van der Waals surface area contributed by atoms with Crippen LogP contribution in [0.25, 0.3) is 6.08 Å². The molecule has 2 aromatic rings. The molecule has 1 N–H and O–H groups in total. The van der Waals surface area contributed by atoms with Crippen molar-refractivity contribution in [2.75, 3.05) is 42.5 Å². The molecule has 0 saturated carbocycles. The number of rotatable bonds is 10. The molecule has 2 fully saturated rings. The molecule has 0 atom stereocenters. The monoisotopic (exact) mass is 597 g/mol. The van der Waals surface area contributed by atoms with Crippen LogP contribution in [0, 0.1) is 24.1 Å². The minimum absolute atomic E-state index is 0.0285. The van der Waals surface area contributed by atoms with Gasteiger partial charge in [0.15, 0.2) is 0 Å². The first-order valence-corrected chi connectivity index (χ1v) is 14.8. The Morgan fingerprint density at radius 3 is 2.46 bits per heavy atom. The third-order valence-electron chi connectivity index (χ3n) is 7.36. The summed E-state index contributed by atoms with van der Waals surface area (Å²) in [6, 6.07) is 8.68. The highest BCUT2D eigenvalue weighted by atomic mass is 32.2. The summed E-state index contributed by atoms with van der Waals surface area (Å²) in [6.07, 6.45) is 3.63. The third-order valence-corrected chi connectivity index (χ3v) is 8.73. The minimum Gasteiger partial charge on any atom is -0.481 e. The van der Waals surface area contributed by atoms with Crippen LogP contribution in [0.15, 0.2) is 34.0 Å². The van der Waals surface area contributed by atoms with Crippen molar-refractivity contribution in [1.82, 2.24) is 9.47 Å². The molecular weight excluding hydrogens is 565 g/mol. The van der Waals surface area contributed by atoms with Gasteiger partial charge in [0.05, 0.1) is 10.6 Å². The van der Waals surface area contributed by atoms with E-state index in [0.717, 1.165) is 0 Å². The average molecular weight is 598 g/mol. The third kappa shape index (κ3) is 6.47. The fraction of sp³-hybridized carbons (Fsp3) is 0.414. The number of carbonyl (C=O) groups is 2. The number of thiocarbonyl (C=S) groups is 1. The molecule has 4 rings (SSSR count). The van der Waals surface area contributed by atoms with Crippen molar-refractivity contribution < 1.29 is 19.1 Å². The number of aromatic nitrogens is 1. The average Bonchev–Trinajstić information content (AvgIpc) is 3.22. The summed E-state index contributed by atoms with van der Waals surface area (Å²) in [5.74, 6) is -0.754. The van der Waals surface area contributed by atoms with Gasteiger partial charge in [-0.3, -0.25) is 23.9 Å². The van der Waals surface area contributed by atoms with Crippen LogP contribution in [0.5, 0.6) is 0 Å². The molecule has 1 aromatic heterocycles. The zero-order valence-corrected chi connectivity index (χ0v) is 24.7. The van der Waals surface area contributed by atoms with E-state index >= 15 is 0 Å².